The van der Waals surface area contributed by atoms with Crippen molar-refractivity contribution in [3.8, 4) is 0 Å². The summed E-state index contributed by atoms with van der Waals surface area (Å²) in [5.41, 5.74) is 0.570. The van der Waals surface area contributed by atoms with Crippen molar-refractivity contribution in [3.63, 3.8) is 0 Å². The minimum Gasteiger partial charge on any atom is -0.459 e. The Morgan fingerprint density at radius 1 is 1.20 bits per heavy atom. The fourth-order valence-electron chi connectivity index (χ4n) is 1.15. The maximum atomic E-state index is 11.6. The lowest BCUT2D eigenvalue weighted by atomic mass is 10.3. The lowest BCUT2D eigenvalue weighted by Gasteiger charge is -2.04. The second kappa shape index (κ2) is 4.19. The second-order valence-electron chi connectivity index (χ2n) is 2.91. The first kappa shape index (κ1) is 9.80. The van der Waals surface area contributed by atoms with Gasteiger partial charge in [0.15, 0.2) is 5.76 Å². The van der Waals surface area contributed by atoms with Crippen LogP contribution in [0.2, 0.25) is 5.02 Å². The monoisotopic (exact) mass is 221 g/mol. The number of amides is 1. The third-order valence-corrected chi connectivity index (χ3v) is 2.20. The molecule has 0 saturated carbocycles. The zero-order valence-corrected chi connectivity index (χ0v) is 8.49. The van der Waals surface area contributed by atoms with Gasteiger partial charge in [-0.25, -0.2) is 0 Å². The molecule has 1 N–H and O–H groups in total. The molecule has 0 spiro atoms. The molecule has 1 aromatic heterocycles. The topological polar surface area (TPSA) is 42.2 Å². The molecule has 4 heteroatoms. The van der Waals surface area contributed by atoms with Crippen LogP contribution in [-0.2, 0) is 0 Å². The van der Waals surface area contributed by atoms with Crippen molar-refractivity contribution < 1.29 is 9.21 Å². The molecule has 0 saturated heterocycles. The molecule has 0 bridgehead atoms. The van der Waals surface area contributed by atoms with Gasteiger partial charge in [-0.05, 0) is 24.3 Å². The van der Waals surface area contributed by atoms with Crippen LogP contribution in [0.5, 0.6) is 0 Å². The van der Waals surface area contributed by atoms with Gasteiger partial charge in [0.05, 0.1) is 17.0 Å². The summed E-state index contributed by atoms with van der Waals surface area (Å²) in [6.45, 7) is 0. The molecule has 1 amide bonds. The van der Waals surface area contributed by atoms with E-state index in [0.717, 1.165) is 0 Å². The molecule has 0 aliphatic heterocycles. The maximum absolute atomic E-state index is 11.6. The third-order valence-electron chi connectivity index (χ3n) is 1.87. The standard InChI is InChI=1S/C11H8ClNO2/c12-8-4-1-2-5-9(8)13-11(14)10-6-3-7-15-10/h1-7H,(H,13,14). The molecule has 76 valence electrons. The summed E-state index contributed by atoms with van der Waals surface area (Å²) in [6, 6.07) is 10.3. The molecule has 15 heavy (non-hydrogen) atoms. The van der Waals surface area contributed by atoms with E-state index in [9.17, 15) is 4.79 Å². The molecular weight excluding hydrogens is 214 g/mol. The van der Waals surface area contributed by atoms with E-state index in [0.29, 0.717) is 10.7 Å². The zero-order chi connectivity index (χ0) is 10.7. The predicted octanol–water partition coefficient (Wildman–Crippen LogP) is 3.19. The molecule has 0 aliphatic carbocycles. The van der Waals surface area contributed by atoms with Gasteiger partial charge in [-0.15, -0.1) is 0 Å². The number of para-hydroxylation sites is 1. The van der Waals surface area contributed by atoms with Crippen LogP contribution in [0.4, 0.5) is 5.69 Å². The van der Waals surface area contributed by atoms with Crippen LogP contribution in [0.15, 0.2) is 47.1 Å². The highest BCUT2D eigenvalue weighted by molar-refractivity contribution is 6.33. The highest BCUT2D eigenvalue weighted by Gasteiger charge is 2.09. The quantitative estimate of drug-likeness (QED) is 0.846. The van der Waals surface area contributed by atoms with Crippen molar-refractivity contribution >= 4 is 23.2 Å². The van der Waals surface area contributed by atoms with Crippen LogP contribution in [0.25, 0.3) is 0 Å². The molecule has 0 aliphatic rings. The molecule has 2 aromatic rings. The highest BCUT2D eigenvalue weighted by Crippen LogP contribution is 2.21. The van der Waals surface area contributed by atoms with Gasteiger partial charge in [0, 0.05) is 0 Å². The van der Waals surface area contributed by atoms with Crippen LogP contribution < -0.4 is 5.32 Å². The Kier molecular flexibility index (Phi) is 2.74. The SMILES string of the molecule is O=C(Nc1ccccc1Cl)c1ccco1. The number of hydrogen-bond donors (Lipinski definition) is 1. The van der Waals surface area contributed by atoms with Gasteiger partial charge < -0.3 is 9.73 Å². The summed E-state index contributed by atoms with van der Waals surface area (Å²) in [4.78, 5) is 11.6. The van der Waals surface area contributed by atoms with Crippen LogP contribution in [0, 0.1) is 0 Å². The Balaban J connectivity index is 2.17. The zero-order valence-electron chi connectivity index (χ0n) is 7.74. The summed E-state index contributed by atoms with van der Waals surface area (Å²) in [5.74, 6) is -0.0528. The fraction of sp³-hybridized carbons (Fsp3) is 0. The minimum absolute atomic E-state index is 0.259. The summed E-state index contributed by atoms with van der Waals surface area (Å²) in [5, 5.41) is 3.15. The van der Waals surface area contributed by atoms with E-state index < -0.39 is 0 Å². The Morgan fingerprint density at radius 3 is 2.67 bits per heavy atom. The third kappa shape index (κ3) is 2.19. The van der Waals surface area contributed by atoms with Crippen molar-refractivity contribution in [1.29, 1.82) is 0 Å². The van der Waals surface area contributed by atoms with E-state index in [4.69, 9.17) is 16.0 Å². The van der Waals surface area contributed by atoms with Gasteiger partial charge in [0.1, 0.15) is 0 Å². The Labute approximate surface area is 91.7 Å². The molecule has 1 aromatic carbocycles. The van der Waals surface area contributed by atoms with Crippen LogP contribution in [0.3, 0.4) is 0 Å². The lowest BCUT2D eigenvalue weighted by Crippen LogP contribution is -2.10. The first-order valence-electron chi connectivity index (χ1n) is 4.37. The number of furan rings is 1. The smallest absolute Gasteiger partial charge is 0.291 e. The van der Waals surface area contributed by atoms with Gasteiger partial charge in [-0.2, -0.15) is 0 Å². The minimum atomic E-state index is -0.312. The van der Waals surface area contributed by atoms with E-state index in [1.165, 1.54) is 6.26 Å². The second-order valence-corrected chi connectivity index (χ2v) is 3.32. The predicted molar refractivity (Wildman–Crippen MR) is 58.1 cm³/mol. The number of carbonyl (C=O) groups excluding carboxylic acids is 1. The van der Waals surface area contributed by atoms with E-state index in [2.05, 4.69) is 5.32 Å². The van der Waals surface area contributed by atoms with Crippen molar-refractivity contribution in [2.24, 2.45) is 0 Å². The Bertz CT molecular complexity index is 465. The molecule has 2 rings (SSSR count). The van der Waals surface area contributed by atoms with Crippen molar-refractivity contribution in [2.45, 2.75) is 0 Å². The largest absolute Gasteiger partial charge is 0.459 e. The number of nitrogens with one attached hydrogen (secondary N) is 1. The number of rotatable bonds is 2. The number of benzene rings is 1. The lowest BCUT2D eigenvalue weighted by molar-refractivity contribution is 0.0996. The van der Waals surface area contributed by atoms with Gasteiger partial charge in [0.25, 0.3) is 5.91 Å². The van der Waals surface area contributed by atoms with E-state index in [-0.39, 0.29) is 11.7 Å². The van der Waals surface area contributed by atoms with Crippen molar-refractivity contribution in [1.82, 2.24) is 0 Å². The summed E-state index contributed by atoms with van der Waals surface area (Å²) < 4.78 is 4.95. The normalized spacial score (nSPS) is 9.93. The van der Waals surface area contributed by atoms with Gasteiger partial charge in [-0.1, -0.05) is 23.7 Å². The average Bonchev–Trinajstić information content (AvgIpc) is 2.74. The van der Waals surface area contributed by atoms with Gasteiger partial charge in [0.2, 0.25) is 0 Å². The van der Waals surface area contributed by atoms with Gasteiger partial charge >= 0.3 is 0 Å². The summed E-state index contributed by atoms with van der Waals surface area (Å²) in [7, 11) is 0. The van der Waals surface area contributed by atoms with E-state index >= 15 is 0 Å². The number of halogens is 1. The van der Waals surface area contributed by atoms with E-state index in [1.807, 2.05) is 0 Å². The summed E-state index contributed by atoms with van der Waals surface area (Å²) in [6.07, 6.45) is 1.45. The summed E-state index contributed by atoms with van der Waals surface area (Å²) >= 11 is 5.88. The molecule has 1 heterocycles. The number of anilines is 1. The number of hydrogen-bond acceptors (Lipinski definition) is 2. The molecule has 0 unspecified atom stereocenters. The van der Waals surface area contributed by atoms with E-state index in [1.54, 1.807) is 36.4 Å². The fourth-order valence-corrected chi connectivity index (χ4v) is 1.34. The van der Waals surface area contributed by atoms with Crippen LogP contribution >= 0.6 is 11.6 Å². The molecule has 0 radical (unpaired) electrons. The number of carbonyl (C=O) groups is 1. The first-order valence-corrected chi connectivity index (χ1v) is 4.74. The van der Waals surface area contributed by atoms with Crippen molar-refractivity contribution in [3.05, 3.63) is 53.4 Å². The molecular formula is C11H8ClNO2. The molecule has 0 fully saturated rings. The Hall–Kier alpha value is -1.74. The highest BCUT2D eigenvalue weighted by atomic mass is 35.5. The van der Waals surface area contributed by atoms with Crippen LogP contribution in [-0.4, -0.2) is 5.91 Å². The van der Waals surface area contributed by atoms with Crippen LogP contribution in [0.1, 0.15) is 10.6 Å². The molecule has 0 atom stereocenters. The van der Waals surface area contributed by atoms with Crippen molar-refractivity contribution in [2.75, 3.05) is 5.32 Å². The average molecular weight is 222 g/mol. The first-order chi connectivity index (χ1) is 7.27. The Morgan fingerprint density at radius 2 is 2.00 bits per heavy atom. The van der Waals surface area contributed by atoms with Gasteiger partial charge in [-0.3, -0.25) is 4.79 Å². The molecule has 3 nitrogen and oxygen atoms in total. The maximum Gasteiger partial charge on any atom is 0.291 e.